The van der Waals surface area contributed by atoms with Crippen molar-refractivity contribution in [2.24, 2.45) is 0 Å². The van der Waals surface area contributed by atoms with Crippen LogP contribution in [0.2, 0.25) is 0 Å². The highest BCUT2D eigenvalue weighted by Crippen LogP contribution is 2.36. The molecule has 19 heavy (non-hydrogen) atoms. The van der Waals surface area contributed by atoms with Crippen molar-refractivity contribution in [1.29, 1.82) is 0 Å². The van der Waals surface area contributed by atoms with E-state index >= 15 is 0 Å². The third-order valence-electron chi connectivity index (χ3n) is 3.34. The van der Waals surface area contributed by atoms with Gasteiger partial charge in [-0.3, -0.25) is 0 Å². The van der Waals surface area contributed by atoms with Gasteiger partial charge in [0.05, 0.1) is 11.7 Å². The number of aryl methyl sites for hydroxylation is 2. The van der Waals surface area contributed by atoms with Crippen molar-refractivity contribution in [3.8, 4) is 0 Å². The second-order valence-corrected chi connectivity index (χ2v) is 6.63. The number of nitrogens with zero attached hydrogens (tertiary/aromatic N) is 1. The highest BCUT2D eigenvalue weighted by molar-refractivity contribution is 7.17. The van der Waals surface area contributed by atoms with Crippen LogP contribution in [0.3, 0.4) is 0 Å². The Bertz CT molecular complexity index is 618. The van der Waals surface area contributed by atoms with Crippen molar-refractivity contribution >= 4 is 33.8 Å². The first-order valence-electron chi connectivity index (χ1n) is 6.18. The Morgan fingerprint density at radius 3 is 3.16 bits per heavy atom. The third-order valence-corrected chi connectivity index (χ3v) is 5.41. The summed E-state index contributed by atoms with van der Waals surface area (Å²) in [5, 5.41) is 15.3. The number of carboxylic acids is 1. The number of carbonyl (C=O) groups is 1. The van der Waals surface area contributed by atoms with Crippen molar-refractivity contribution in [3.63, 3.8) is 0 Å². The summed E-state index contributed by atoms with van der Waals surface area (Å²) in [6.45, 7) is 1.74. The monoisotopic (exact) mass is 294 g/mol. The lowest BCUT2D eigenvalue weighted by molar-refractivity contribution is 0.0701. The lowest BCUT2D eigenvalue weighted by Crippen LogP contribution is -2.15. The van der Waals surface area contributed by atoms with Gasteiger partial charge in [0.25, 0.3) is 0 Å². The first-order valence-corrected chi connectivity index (χ1v) is 7.88. The van der Waals surface area contributed by atoms with Crippen LogP contribution in [0.1, 0.15) is 44.7 Å². The molecule has 0 aromatic carbocycles. The summed E-state index contributed by atoms with van der Waals surface area (Å²) in [6, 6.07) is 2.43. The van der Waals surface area contributed by atoms with Crippen molar-refractivity contribution in [2.75, 3.05) is 5.32 Å². The minimum atomic E-state index is -0.900. The number of rotatable bonds is 3. The van der Waals surface area contributed by atoms with Crippen molar-refractivity contribution in [3.05, 3.63) is 32.5 Å². The van der Waals surface area contributed by atoms with E-state index < -0.39 is 5.97 Å². The summed E-state index contributed by atoms with van der Waals surface area (Å²) < 4.78 is 0. The average molecular weight is 294 g/mol. The number of fused-ring (bicyclic) bond motifs is 1. The standard InChI is InChI=1S/C13H14N2O2S2/c1-7-11(12(16)17)19-13(14-7)15-9-3-2-4-10-8(9)5-6-18-10/h5-6,9H,2-4H2,1H3,(H,14,15)(H,16,17). The molecule has 100 valence electrons. The minimum absolute atomic E-state index is 0.266. The molecule has 1 unspecified atom stereocenters. The summed E-state index contributed by atoms with van der Waals surface area (Å²) in [6.07, 6.45) is 3.40. The summed E-state index contributed by atoms with van der Waals surface area (Å²) >= 11 is 3.02. The number of aromatic nitrogens is 1. The summed E-state index contributed by atoms with van der Waals surface area (Å²) in [4.78, 5) is 17.1. The molecule has 4 nitrogen and oxygen atoms in total. The molecule has 0 amide bonds. The Balaban J connectivity index is 1.83. The van der Waals surface area contributed by atoms with Crippen LogP contribution in [0.25, 0.3) is 0 Å². The van der Waals surface area contributed by atoms with Gasteiger partial charge in [-0.15, -0.1) is 11.3 Å². The number of anilines is 1. The van der Waals surface area contributed by atoms with E-state index in [0.29, 0.717) is 15.7 Å². The van der Waals surface area contributed by atoms with Gasteiger partial charge in [-0.2, -0.15) is 0 Å². The van der Waals surface area contributed by atoms with Crippen LogP contribution in [-0.4, -0.2) is 16.1 Å². The normalized spacial score (nSPS) is 18.1. The van der Waals surface area contributed by atoms with E-state index in [2.05, 4.69) is 21.7 Å². The lowest BCUT2D eigenvalue weighted by atomic mass is 9.94. The Hall–Kier alpha value is -1.40. The zero-order chi connectivity index (χ0) is 13.4. The van der Waals surface area contributed by atoms with Crippen LogP contribution in [0, 0.1) is 6.92 Å². The molecule has 0 aliphatic heterocycles. The van der Waals surface area contributed by atoms with Crippen LogP contribution >= 0.6 is 22.7 Å². The van der Waals surface area contributed by atoms with E-state index in [-0.39, 0.29) is 6.04 Å². The third kappa shape index (κ3) is 2.37. The molecule has 0 radical (unpaired) electrons. The number of carboxylic acid groups (broad SMARTS) is 1. The van der Waals surface area contributed by atoms with E-state index in [4.69, 9.17) is 5.11 Å². The number of hydrogen-bond donors (Lipinski definition) is 2. The largest absolute Gasteiger partial charge is 0.477 e. The van der Waals surface area contributed by atoms with Crippen LogP contribution in [0.15, 0.2) is 11.4 Å². The number of thiazole rings is 1. The van der Waals surface area contributed by atoms with E-state index in [9.17, 15) is 4.79 Å². The number of nitrogens with one attached hydrogen (secondary N) is 1. The maximum absolute atomic E-state index is 11.0. The zero-order valence-electron chi connectivity index (χ0n) is 10.5. The Labute approximate surface area is 119 Å². The van der Waals surface area contributed by atoms with Gasteiger partial charge >= 0.3 is 5.97 Å². The Kier molecular flexibility index (Phi) is 3.28. The molecule has 0 bridgehead atoms. The van der Waals surface area contributed by atoms with E-state index in [1.807, 2.05) is 0 Å². The maximum atomic E-state index is 11.0. The molecule has 1 aliphatic carbocycles. The first kappa shape index (κ1) is 12.6. The zero-order valence-corrected chi connectivity index (χ0v) is 12.1. The fraction of sp³-hybridized carbons (Fsp3) is 0.385. The molecule has 1 aliphatic rings. The second kappa shape index (κ2) is 4.94. The number of aromatic carboxylic acids is 1. The fourth-order valence-corrected chi connectivity index (χ4v) is 4.29. The van der Waals surface area contributed by atoms with Gasteiger partial charge in [0.2, 0.25) is 0 Å². The highest BCUT2D eigenvalue weighted by Gasteiger charge is 2.23. The average Bonchev–Trinajstić information content (AvgIpc) is 2.96. The van der Waals surface area contributed by atoms with Crippen molar-refractivity contribution in [2.45, 2.75) is 32.2 Å². The van der Waals surface area contributed by atoms with Gasteiger partial charge in [-0.25, -0.2) is 9.78 Å². The van der Waals surface area contributed by atoms with Gasteiger partial charge < -0.3 is 10.4 Å². The second-order valence-electron chi connectivity index (χ2n) is 4.63. The molecule has 3 rings (SSSR count). The van der Waals surface area contributed by atoms with Crippen LogP contribution < -0.4 is 5.32 Å². The van der Waals surface area contributed by atoms with Gasteiger partial charge in [0.1, 0.15) is 4.88 Å². The molecule has 1 atom stereocenters. The molecule has 0 fully saturated rings. The topological polar surface area (TPSA) is 62.2 Å². The fourth-order valence-electron chi connectivity index (χ4n) is 2.44. The summed E-state index contributed by atoms with van der Waals surface area (Å²) in [5.41, 5.74) is 1.93. The van der Waals surface area contributed by atoms with Gasteiger partial charge in [0.15, 0.2) is 5.13 Å². The van der Waals surface area contributed by atoms with Crippen LogP contribution in [-0.2, 0) is 6.42 Å². The van der Waals surface area contributed by atoms with Gasteiger partial charge in [-0.05, 0) is 43.2 Å². The number of thiophene rings is 1. The summed E-state index contributed by atoms with van der Waals surface area (Å²) in [5.74, 6) is -0.900. The minimum Gasteiger partial charge on any atom is -0.477 e. The molecule has 2 aromatic heterocycles. The van der Waals surface area contributed by atoms with Gasteiger partial charge in [-0.1, -0.05) is 11.3 Å². The quantitative estimate of drug-likeness (QED) is 0.906. The predicted octanol–water partition coefficient (Wildman–Crippen LogP) is 3.70. The van der Waals surface area contributed by atoms with Gasteiger partial charge in [0, 0.05) is 4.88 Å². The molecule has 0 spiro atoms. The highest BCUT2D eigenvalue weighted by atomic mass is 32.1. The van der Waals surface area contributed by atoms with Crippen molar-refractivity contribution < 1.29 is 9.90 Å². The predicted molar refractivity (Wildman–Crippen MR) is 77.4 cm³/mol. The Morgan fingerprint density at radius 1 is 1.58 bits per heavy atom. The Morgan fingerprint density at radius 2 is 2.42 bits per heavy atom. The molecular formula is C13H14N2O2S2. The van der Waals surface area contributed by atoms with E-state index in [1.165, 1.54) is 28.2 Å². The van der Waals surface area contributed by atoms with Crippen LogP contribution in [0.4, 0.5) is 5.13 Å². The molecule has 2 N–H and O–H groups in total. The molecule has 0 saturated carbocycles. The van der Waals surface area contributed by atoms with E-state index in [1.54, 1.807) is 18.3 Å². The molecule has 0 saturated heterocycles. The molecular weight excluding hydrogens is 280 g/mol. The van der Waals surface area contributed by atoms with Crippen molar-refractivity contribution in [1.82, 2.24) is 4.98 Å². The summed E-state index contributed by atoms with van der Waals surface area (Å²) in [7, 11) is 0. The molecule has 2 aromatic rings. The first-order chi connectivity index (χ1) is 9.15. The lowest BCUT2D eigenvalue weighted by Gasteiger charge is -2.23. The molecule has 2 heterocycles. The number of hydrogen-bond acceptors (Lipinski definition) is 5. The SMILES string of the molecule is Cc1nc(NC2CCCc3sccc32)sc1C(=O)O. The van der Waals surface area contributed by atoms with E-state index in [0.717, 1.165) is 12.8 Å². The smallest absolute Gasteiger partial charge is 0.347 e. The van der Waals surface area contributed by atoms with Crippen LogP contribution in [0.5, 0.6) is 0 Å². The molecule has 6 heteroatoms. The maximum Gasteiger partial charge on any atom is 0.347 e.